The maximum absolute atomic E-state index is 5.92. The lowest BCUT2D eigenvalue weighted by Gasteiger charge is -2.31. The van der Waals surface area contributed by atoms with E-state index in [0.29, 0.717) is 25.0 Å². The quantitative estimate of drug-likeness (QED) is 0.182. The van der Waals surface area contributed by atoms with Crippen LogP contribution in [0.1, 0.15) is 61.1 Å². The number of aliphatic imine (C=N–C) groups is 2. The largest absolute Gasteiger partial charge is 0.475 e. The van der Waals surface area contributed by atoms with Crippen LogP contribution < -0.4 is 0 Å². The van der Waals surface area contributed by atoms with Crippen molar-refractivity contribution in [2.45, 2.75) is 44.2 Å². The summed E-state index contributed by atoms with van der Waals surface area (Å²) in [6.45, 7) is 9.48. The van der Waals surface area contributed by atoms with Gasteiger partial charge in [-0.15, -0.1) is 0 Å². The van der Waals surface area contributed by atoms with Gasteiger partial charge in [0.25, 0.3) is 0 Å². The van der Waals surface area contributed by atoms with Gasteiger partial charge in [0.1, 0.15) is 13.2 Å². The van der Waals surface area contributed by atoms with Crippen molar-refractivity contribution in [1.82, 2.24) is 9.97 Å². The van der Waals surface area contributed by atoms with Gasteiger partial charge in [-0.1, -0.05) is 84.9 Å². The fraction of sp³-hybridized carbons (Fsp3) is 0.184. The molecule has 0 bridgehead atoms. The van der Waals surface area contributed by atoms with Gasteiger partial charge < -0.3 is 9.47 Å². The van der Waals surface area contributed by atoms with Gasteiger partial charge in [0.2, 0.25) is 11.8 Å². The van der Waals surface area contributed by atoms with Gasteiger partial charge in [-0.25, -0.2) is 9.98 Å². The molecule has 11 rings (SSSR count). The van der Waals surface area contributed by atoms with Gasteiger partial charge in [-0.05, 0) is 119 Å². The maximum atomic E-state index is 5.92. The Labute approximate surface area is 320 Å². The standard InChI is InChI=1S/C49H38N4O2/c1-47(2)27-54-45(52-47)32-16-21-42(50-25-32)30-14-18-34-29(23-30)13-20-38-37-19-15-31(43-22-17-33(26-51-43)46-53-48(3,4)28-55-46)24-41(37)49(44(34)38)39-11-7-5-9-35(39)36-10-6-8-12-40(36)49/h5-26H,27-28H2,1-4H3. The van der Waals surface area contributed by atoms with E-state index in [1.807, 2.05) is 12.4 Å². The molecule has 5 aromatic carbocycles. The molecule has 2 aromatic heterocycles. The van der Waals surface area contributed by atoms with E-state index >= 15 is 0 Å². The van der Waals surface area contributed by atoms with E-state index in [0.717, 1.165) is 33.6 Å². The van der Waals surface area contributed by atoms with Crippen LogP contribution in [0.3, 0.4) is 0 Å². The van der Waals surface area contributed by atoms with Crippen molar-refractivity contribution < 1.29 is 9.47 Å². The molecule has 2 aliphatic heterocycles. The highest BCUT2D eigenvalue weighted by molar-refractivity contribution is 6.05. The Morgan fingerprint density at radius 3 is 1.53 bits per heavy atom. The van der Waals surface area contributed by atoms with Crippen molar-refractivity contribution in [3.63, 3.8) is 0 Å². The van der Waals surface area contributed by atoms with Crippen LogP contribution in [0.4, 0.5) is 0 Å². The summed E-state index contributed by atoms with van der Waals surface area (Å²) in [6.07, 6.45) is 3.76. The Morgan fingerprint density at radius 1 is 0.473 bits per heavy atom. The van der Waals surface area contributed by atoms with Crippen LogP contribution in [0.2, 0.25) is 0 Å². The Bertz CT molecular complexity index is 2770. The monoisotopic (exact) mass is 714 g/mol. The summed E-state index contributed by atoms with van der Waals surface area (Å²) < 4.78 is 11.8. The summed E-state index contributed by atoms with van der Waals surface area (Å²) >= 11 is 0. The summed E-state index contributed by atoms with van der Waals surface area (Å²) in [4.78, 5) is 19.3. The average molecular weight is 715 g/mol. The second kappa shape index (κ2) is 11.3. The molecule has 7 aromatic rings. The minimum absolute atomic E-state index is 0.216. The van der Waals surface area contributed by atoms with Crippen molar-refractivity contribution in [3.05, 3.63) is 167 Å². The average Bonchev–Trinajstić information content (AvgIpc) is 3.94. The number of aromatic nitrogens is 2. The molecule has 0 saturated heterocycles. The second-order valence-corrected chi connectivity index (χ2v) is 16.4. The van der Waals surface area contributed by atoms with E-state index in [9.17, 15) is 0 Å². The van der Waals surface area contributed by atoms with Gasteiger partial charge in [0.15, 0.2) is 0 Å². The van der Waals surface area contributed by atoms with Gasteiger partial charge in [-0.3, -0.25) is 9.97 Å². The number of hydrogen-bond donors (Lipinski definition) is 0. The summed E-state index contributed by atoms with van der Waals surface area (Å²) in [5, 5.41) is 2.42. The lowest BCUT2D eigenvalue weighted by Crippen LogP contribution is -2.26. The highest BCUT2D eigenvalue weighted by Gasteiger charge is 2.52. The maximum Gasteiger partial charge on any atom is 0.218 e. The van der Waals surface area contributed by atoms with Crippen molar-refractivity contribution in [2.24, 2.45) is 9.98 Å². The molecule has 0 atom stereocenters. The number of benzene rings is 5. The third-order valence-electron chi connectivity index (χ3n) is 11.6. The number of rotatable bonds is 4. The molecule has 55 heavy (non-hydrogen) atoms. The minimum atomic E-state index is -0.511. The van der Waals surface area contributed by atoms with Crippen molar-refractivity contribution >= 4 is 22.6 Å². The molecule has 0 unspecified atom stereocenters. The molecular weight excluding hydrogens is 677 g/mol. The SMILES string of the molecule is CC1(C)COC(c2ccc(-c3ccc4c(c3)C3(c5ccccc5-c5ccccc53)c3c-4ccc4cc(-c5ccc(C6=NC(C)(C)CO6)cn5)ccc34)nc2)=N1. The predicted octanol–water partition coefficient (Wildman–Crippen LogP) is 10.4. The molecule has 6 heteroatoms. The molecule has 266 valence electrons. The Morgan fingerprint density at radius 2 is 0.982 bits per heavy atom. The number of fused-ring (bicyclic) bond motifs is 12. The molecule has 1 spiro atoms. The Kier molecular flexibility index (Phi) is 6.59. The van der Waals surface area contributed by atoms with E-state index < -0.39 is 5.41 Å². The van der Waals surface area contributed by atoms with Crippen molar-refractivity contribution in [2.75, 3.05) is 13.2 Å². The fourth-order valence-corrected chi connectivity index (χ4v) is 9.14. The van der Waals surface area contributed by atoms with Crippen molar-refractivity contribution in [3.8, 4) is 44.8 Å². The molecule has 0 N–H and O–H groups in total. The lowest BCUT2D eigenvalue weighted by molar-refractivity contribution is 0.279. The molecule has 4 aliphatic rings. The lowest BCUT2D eigenvalue weighted by atomic mass is 9.69. The second-order valence-electron chi connectivity index (χ2n) is 16.4. The molecule has 0 saturated carbocycles. The minimum Gasteiger partial charge on any atom is -0.475 e. The summed E-state index contributed by atoms with van der Waals surface area (Å²) in [5.41, 5.74) is 15.1. The highest BCUT2D eigenvalue weighted by Crippen LogP contribution is 2.64. The van der Waals surface area contributed by atoms with E-state index in [-0.39, 0.29) is 11.1 Å². The molecule has 0 fully saturated rings. The predicted molar refractivity (Wildman–Crippen MR) is 220 cm³/mol. The first-order valence-corrected chi connectivity index (χ1v) is 19.0. The fourth-order valence-electron chi connectivity index (χ4n) is 9.14. The first-order valence-electron chi connectivity index (χ1n) is 19.0. The third-order valence-corrected chi connectivity index (χ3v) is 11.6. The third kappa shape index (κ3) is 4.73. The zero-order valence-corrected chi connectivity index (χ0v) is 31.2. The number of hydrogen-bond acceptors (Lipinski definition) is 6. The van der Waals surface area contributed by atoms with Crippen LogP contribution in [0.5, 0.6) is 0 Å². The highest BCUT2D eigenvalue weighted by atomic mass is 16.5. The van der Waals surface area contributed by atoms with Crippen LogP contribution in [-0.4, -0.2) is 46.1 Å². The van der Waals surface area contributed by atoms with Crippen LogP contribution >= 0.6 is 0 Å². The summed E-state index contributed by atoms with van der Waals surface area (Å²) in [6, 6.07) is 44.5. The van der Waals surface area contributed by atoms with E-state index in [2.05, 4.69) is 149 Å². The Balaban J connectivity index is 1.07. The normalized spacial score (nSPS) is 17.5. The molecular formula is C49H38N4O2. The molecule has 0 amide bonds. The summed E-state index contributed by atoms with van der Waals surface area (Å²) in [5.74, 6) is 1.32. The number of ether oxygens (including phenoxy) is 2. The van der Waals surface area contributed by atoms with Crippen LogP contribution in [0.25, 0.3) is 55.5 Å². The van der Waals surface area contributed by atoms with Crippen molar-refractivity contribution in [1.29, 1.82) is 0 Å². The smallest absolute Gasteiger partial charge is 0.218 e. The van der Waals surface area contributed by atoms with Crippen LogP contribution in [0, 0.1) is 0 Å². The van der Waals surface area contributed by atoms with Gasteiger partial charge >= 0.3 is 0 Å². The molecule has 2 aliphatic carbocycles. The zero-order chi connectivity index (χ0) is 37.1. The van der Waals surface area contributed by atoms with E-state index in [1.165, 1.54) is 55.3 Å². The first kappa shape index (κ1) is 32.1. The van der Waals surface area contributed by atoms with Crippen LogP contribution in [-0.2, 0) is 14.9 Å². The van der Waals surface area contributed by atoms with Gasteiger partial charge in [0.05, 0.1) is 39.0 Å². The van der Waals surface area contributed by atoms with Crippen LogP contribution in [0.15, 0.2) is 144 Å². The Hall–Kier alpha value is -6.40. The number of nitrogens with zero attached hydrogens (tertiary/aromatic N) is 4. The van der Waals surface area contributed by atoms with Gasteiger partial charge in [-0.2, -0.15) is 0 Å². The number of pyridine rings is 2. The van der Waals surface area contributed by atoms with Gasteiger partial charge in [0, 0.05) is 23.5 Å². The molecule has 0 radical (unpaired) electrons. The molecule has 4 heterocycles. The van der Waals surface area contributed by atoms with E-state index in [1.54, 1.807) is 0 Å². The zero-order valence-electron chi connectivity index (χ0n) is 31.2. The molecule has 6 nitrogen and oxygen atoms in total. The topological polar surface area (TPSA) is 69.0 Å². The summed E-state index contributed by atoms with van der Waals surface area (Å²) in [7, 11) is 0. The first-order chi connectivity index (χ1) is 26.7. The van der Waals surface area contributed by atoms with E-state index in [4.69, 9.17) is 29.4 Å².